The second kappa shape index (κ2) is 2.98. The van der Waals surface area contributed by atoms with Gasteiger partial charge in [-0.3, -0.25) is 0 Å². The van der Waals surface area contributed by atoms with Crippen molar-refractivity contribution >= 4 is 0 Å². The molecule has 1 fully saturated rings. The number of halogens is 3. The number of rotatable bonds is 1. The third-order valence-corrected chi connectivity index (χ3v) is 1.68. The monoisotopic (exact) mass is 170 g/mol. The van der Waals surface area contributed by atoms with E-state index in [0.29, 0.717) is 6.42 Å². The Bertz CT molecular complexity index is 134. The van der Waals surface area contributed by atoms with Crippen LogP contribution in [0.25, 0.3) is 0 Å². The third kappa shape index (κ3) is 2.07. The highest BCUT2D eigenvalue weighted by molar-refractivity contribution is 4.78. The van der Waals surface area contributed by atoms with Crippen molar-refractivity contribution in [3.05, 3.63) is 0 Å². The lowest BCUT2D eigenvalue weighted by molar-refractivity contribution is -0.216. The minimum Gasteiger partial charge on any atom is -0.394 e. The van der Waals surface area contributed by atoms with Gasteiger partial charge in [-0.05, 0) is 12.8 Å². The summed E-state index contributed by atoms with van der Waals surface area (Å²) in [5, 5.41) is 8.46. The van der Waals surface area contributed by atoms with Crippen LogP contribution in [0.2, 0.25) is 0 Å². The van der Waals surface area contributed by atoms with Crippen LogP contribution in [-0.4, -0.2) is 30.1 Å². The molecule has 1 rings (SSSR count). The summed E-state index contributed by atoms with van der Waals surface area (Å²) in [6.45, 7) is -0.327. The zero-order valence-corrected chi connectivity index (χ0v) is 5.77. The molecule has 11 heavy (non-hydrogen) atoms. The van der Waals surface area contributed by atoms with Gasteiger partial charge in [0.1, 0.15) is 0 Å². The van der Waals surface area contributed by atoms with Crippen LogP contribution in [0, 0.1) is 0 Å². The second-order valence-electron chi connectivity index (χ2n) is 2.55. The number of aliphatic hydroxyl groups is 1. The molecule has 0 aliphatic carbocycles. The highest BCUT2D eigenvalue weighted by Crippen LogP contribution is 2.32. The van der Waals surface area contributed by atoms with Gasteiger partial charge in [0.05, 0.1) is 12.7 Å². The van der Waals surface area contributed by atoms with Gasteiger partial charge in [-0.25, -0.2) is 0 Å². The molecule has 0 amide bonds. The third-order valence-electron chi connectivity index (χ3n) is 1.68. The van der Waals surface area contributed by atoms with Gasteiger partial charge in [0.2, 0.25) is 0 Å². The van der Waals surface area contributed by atoms with Gasteiger partial charge >= 0.3 is 6.18 Å². The zero-order chi connectivity index (χ0) is 8.48. The Hall–Kier alpha value is -0.290. The van der Waals surface area contributed by atoms with Crippen molar-refractivity contribution in [3.63, 3.8) is 0 Å². The normalized spacial score (nSPS) is 32.7. The molecule has 1 N–H and O–H groups in total. The molecule has 0 aromatic carbocycles. The van der Waals surface area contributed by atoms with E-state index >= 15 is 0 Å². The van der Waals surface area contributed by atoms with Crippen LogP contribution in [0.5, 0.6) is 0 Å². The van der Waals surface area contributed by atoms with Gasteiger partial charge in [-0.15, -0.1) is 0 Å². The molecule has 5 heteroatoms. The predicted octanol–water partition coefficient (Wildman–Crippen LogP) is 1.09. The van der Waals surface area contributed by atoms with E-state index < -0.39 is 18.4 Å². The quantitative estimate of drug-likeness (QED) is 0.638. The second-order valence-corrected chi connectivity index (χ2v) is 2.55. The smallest absolute Gasteiger partial charge is 0.394 e. The molecule has 1 heterocycles. The van der Waals surface area contributed by atoms with E-state index in [2.05, 4.69) is 4.74 Å². The fraction of sp³-hybridized carbons (Fsp3) is 1.00. The first-order valence-electron chi connectivity index (χ1n) is 3.37. The van der Waals surface area contributed by atoms with Crippen molar-refractivity contribution in [1.82, 2.24) is 0 Å². The maximum Gasteiger partial charge on any atom is 0.414 e. The lowest BCUT2D eigenvalue weighted by Gasteiger charge is -2.14. The minimum absolute atomic E-state index is 0.0330. The summed E-state index contributed by atoms with van der Waals surface area (Å²) in [5.74, 6) is 0. The summed E-state index contributed by atoms with van der Waals surface area (Å²) >= 11 is 0. The molecule has 0 radical (unpaired) electrons. The van der Waals surface area contributed by atoms with Crippen molar-refractivity contribution in [2.45, 2.75) is 31.2 Å². The molecule has 66 valence electrons. The van der Waals surface area contributed by atoms with Crippen LogP contribution in [0.3, 0.4) is 0 Å². The number of alkyl halides is 3. The van der Waals surface area contributed by atoms with Crippen LogP contribution < -0.4 is 0 Å². The van der Waals surface area contributed by atoms with Crippen LogP contribution >= 0.6 is 0 Å². The highest BCUT2D eigenvalue weighted by atomic mass is 19.4. The molecule has 2 atom stereocenters. The summed E-state index contributed by atoms with van der Waals surface area (Å²) < 4.78 is 40.1. The van der Waals surface area contributed by atoms with Gasteiger partial charge in [-0.2, -0.15) is 13.2 Å². The maximum atomic E-state index is 11.9. The Labute approximate surface area is 62.0 Å². The fourth-order valence-electron chi connectivity index (χ4n) is 1.08. The lowest BCUT2D eigenvalue weighted by atomic mass is 10.2. The first-order valence-corrected chi connectivity index (χ1v) is 3.37. The van der Waals surface area contributed by atoms with Crippen molar-refractivity contribution in [1.29, 1.82) is 0 Å². The van der Waals surface area contributed by atoms with Crippen molar-refractivity contribution in [3.8, 4) is 0 Å². The summed E-state index contributed by atoms with van der Waals surface area (Å²) in [4.78, 5) is 0. The Morgan fingerprint density at radius 2 is 2.00 bits per heavy atom. The minimum atomic E-state index is -4.27. The average Bonchev–Trinajstić information content (AvgIpc) is 2.32. The maximum absolute atomic E-state index is 11.9. The molecule has 1 saturated heterocycles. The SMILES string of the molecule is OCC1CCC(C(F)(F)F)O1. The lowest BCUT2D eigenvalue weighted by Crippen LogP contribution is -2.29. The molecule has 1 aliphatic rings. The average molecular weight is 170 g/mol. The van der Waals surface area contributed by atoms with E-state index in [1.807, 2.05) is 0 Å². The molecule has 1 aliphatic heterocycles. The standard InChI is InChI=1S/C6H9F3O2/c7-6(8,9)5-2-1-4(3-10)11-5/h4-5,10H,1-3H2. The van der Waals surface area contributed by atoms with E-state index in [1.54, 1.807) is 0 Å². The van der Waals surface area contributed by atoms with E-state index in [1.165, 1.54) is 0 Å². The summed E-state index contributed by atoms with van der Waals surface area (Å²) in [6, 6.07) is 0. The van der Waals surface area contributed by atoms with Crippen LogP contribution in [0.4, 0.5) is 13.2 Å². The van der Waals surface area contributed by atoms with E-state index in [0.717, 1.165) is 0 Å². The number of ether oxygens (including phenoxy) is 1. The highest BCUT2D eigenvalue weighted by Gasteiger charge is 2.45. The first-order chi connectivity index (χ1) is 5.04. The summed E-state index contributed by atoms with van der Waals surface area (Å²) in [5.41, 5.74) is 0. The van der Waals surface area contributed by atoms with E-state index in [4.69, 9.17) is 5.11 Å². The number of hydrogen-bond acceptors (Lipinski definition) is 2. The molecular weight excluding hydrogens is 161 g/mol. The van der Waals surface area contributed by atoms with Crippen molar-refractivity contribution in [2.24, 2.45) is 0 Å². The summed E-state index contributed by atoms with van der Waals surface area (Å²) in [6.07, 6.45) is -6.31. The molecule has 2 nitrogen and oxygen atoms in total. The number of hydrogen-bond donors (Lipinski definition) is 1. The van der Waals surface area contributed by atoms with E-state index in [-0.39, 0.29) is 13.0 Å². The summed E-state index contributed by atoms with van der Waals surface area (Å²) in [7, 11) is 0. The van der Waals surface area contributed by atoms with Crippen LogP contribution in [-0.2, 0) is 4.74 Å². The Morgan fingerprint density at radius 3 is 2.27 bits per heavy atom. The fourth-order valence-corrected chi connectivity index (χ4v) is 1.08. The van der Waals surface area contributed by atoms with Gasteiger partial charge in [0.25, 0.3) is 0 Å². The van der Waals surface area contributed by atoms with Crippen LogP contribution in [0.1, 0.15) is 12.8 Å². The Balaban J connectivity index is 2.42. The molecule has 0 aromatic rings. The molecule has 2 unspecified atom stereocenters. The van der Waals surface area contributed by atoms with Gasteiger partial charge in [0, 0.05) is 0 Å². The predicted molar refractivity (Wildman–Crippen MR) is 31.0 cm³/mol. The topological polar surface area (TPSA) is 29.5 Å². The first kappa shape index (κ1) is 8.80. The van der Waals surface area contributed by atoms with Crippen molar-refractivity contribution in [2.75, 3.05) is 6.61 Å². The Morgan fingerprint density at radius 1 is 1.36 bits per heavy atom. The largest absolute Gasteiger partial charge is 0.414 e. The molecule has 0 saturated carbocycles. The van der Waals surface area contributed by atoms with Gasteiger partial charge < -0.3 is 9.84 Å². The molecule has 0 bridgehead atoms. The van der Waals surface area contributed by atoms with Crippen LogP contribution in [0.15, 0.2) is 0 Å². The Kier molecular flexibility index (Phi) is 2.39. The van der Waals surface area contributed by atoms with Gasteiger partial charge in [0.15, 0.2) is 6.10 Å². The van der Waals surface area contributed by atoms with Gasteiger partial charge in [-0.1, -0.05) is 0 Å². The van der Waals surface area contributed by atoms with Crippen molar-refractivity contribution < 1.29 is 23.0 Å². The van der Waals surface area contributed by atoms with E-state index in [9.17, 15) is 13.2 Å². The molecule has 0 spiro atoms. The molecular formula is C6H9F3O2. The zero-order valence-electron chi connectivity index (χ0n) is 5.77. The molecule has 0 aromatic heterocycles. The number of aliphatic hydroxyl groups excluding tert-OH is 1.